The van der Waals surface area contributed by atoms with Crippen molar-refractivity contribution in [2.75, 3.05) is 26.2 Å². The number of aliphatic hydroxyl groups is 1. The van der Waals surface area contributed by atoms with Crippen LogP contribution in [-0.2, 0) is 4.79 Å². The molecule has 2 rings (SSSR count). The molecule has 4 heteroatoms. The first-order chi connectivity index (χ1) is 7.64. The number of hydrogen-bond donors (Lipinski definition) is 2. The van der Waals surface area contributed by atoms with E-state index in [1.54, 1.807) is 0 Å². The van der Waals surface area contributed by atoms with E-state index in [2.05, 4.69) is 12.2 Å². The average molecular weight is 226 g/mol. The quantitative estimate of drug-likeness (QED) is 0.715. The molecule has 4 nitrogen and oxygen atoms in total. The van der Waals surface area contributed by atoms with Gasteiger partial charge >= 0.3 is 0 Å². The topological polar surface area (TPSA) is 52.6 Å². The van der Waals surface area contributed by atoms with Crippen molar-refractivity contribution in [1.29, 1.82) is 0 Å². The van der Waals surface area contributed by atoms with Gasteiger partial charge in [0.2, 0.25) is 5.91 Å². The van der Waals surface area contributed by atoms with E-state index in [1.807, 2.05) is 4.90 Å². The molecule has 0 aromatic heterocycles. The van der Waals surface area contributed by atoms with Crippen LogP contribution in [-0.4, -0.2) is 48.2 Å². The fourth-order valence-electron chi connectivity index (χ4n) is 2.54. The highest BCUT2D eigenvalue weighted by molar-refractivity contribution is 5.82. The largest absolute Gasteiger partial charge is 0.396 e. The van der Waals surface area contributed by atoms with Gasteiger partial charge in [0.15, 0.2) is 0 Å². The molecule has 1 amide bonds. The Hall–Kier alpha value is -0.610. The van der Waals surface area contributed by atoms with Crippen LogP contribution in [0.25, 0.3) is 0 Å². The van der Waals surface area contributed by atoms with Crippen molar-refractivity contribution in [3.63, 3.8) is 0 Å². The molecule has 0 aromatic rings. The number of carbonyl (C=O) groups is 1. The number of hydrogen-bond acceptors (Lipinski definition) is 3. The van der Waals surface area contributed by atoms with E-state index in [0.717, 1.165) is 45.3 Å². The summed E-state index contributed by atoms with van der Waals surface area (Å²) in [4.78, 5) is 14.1. The van der Waals surface area contributed by atoms with E-state index in [0.29, 0.717) is 0 Å². The van der Waals surface area contributed by atoms with Gasteiger partial charge < -0.3 is 15.3 Å². The van der Waals surface area contributed by atoms with Gasteiger partial charge in [-0.2, -0.15) is 0 Å². The second kappa shape index (κ2) is 4.72. The Balaban J connectivity index is 1.86. The van der Waals surface area contributed by atoms with Gasteiger partial charge in [0.25, 0.3) is 0 Å². The predicted molar refractivity (Wildman–Crippen MR) is 62.0 cm³/mol. The minimum absolute atomic E-state index is 0.0277. The molecule has 2 aliphatic heterocycles. The lowest BCUT2D eigenvalue weighted by atomic mass is 9.81. The van der Waals surface area contributed by atoms with Gasteiger partial charge in [0.1, 0.15) is 0 Å². The maximum Gasteiger partial charge on any atom is 0.239 e. The fourth-order valence-corrected chi connectivity index (χ4v) is 2.54. The molecule has 2 N–H and O–H groups in total. The van der Waals surface area contributed by atoms with Crippen LogP contribution in [0.4, 0.5) is 0 Å². The summed E-state index contributed by atoms with van der Waals surface area (Å²) in [6, 6.07) is 0.0542. The van der Waals surface area contributed by atoms with Crippen LogP contribution in [0.15, 0.2) is 0 Å². The fraction of sp³-hybridized carbons (Fsp3) is 0.917. The highest BCUT2D eigenvalue weighted by atomic mass is 16.3. The normalized spacial score (nSPS) is 29.4. The molecule has 0 saturated carbocycles. The number of nitrogens with zero attached hydrogens (tertiary/aromatic N) is 1. The van der Waals surface area contributed by atoms with Crippen LogP contribution in [0.3, 0.4) is 0 Å². The Kier molecular flexibility index (Phi) is 3.50. The van der Waals surface area contributed by atoms with Gasteiger partial charge in [0, 0.05) is 19.7 Å². The van der Waals surface area contributed by atoms with Crippen LogP contribution in [0, 0.1) is 5.41 Å². The third-order valence-corrected chi connectivity index (χ3v) is 4.02. The van der Waals surface area contributed by atoms with Crippen molar-refractivity contribution < 1.29 is 9.90 Å². The highest BCUT2D eigenvalue weighted by Crippen LogP contribution is 2.30. The number of piperidine rings is 1. The summed E-state index contributed by atoms with van der Waals surface area (Å²) in [6.07, 6.45) is 3.93. The molecule has 0 bridgehead atoms. The second-order valence-electron chi connectivity index (χ2n) is 5.44. The van der Waals surface area contributed by atoms with Crippen molar-refractivity contribution in [2.45, 2.75) is 38.6 Å². The van der Waals surface area contributed by atoms with E-state index < -0.39 is 0 Å². The van der Waals surface area contributed by atoms with Gasteiger partial charge in [0.05, 0.1) is 6.04 Å². The lowest BCUT2D eigenvalue weighted by molar-refractivity contribution is -0.135. The molecule has 0 aromatic carbocycles. The van der Waals surface area contributed by atoms with Gasteiger partial charge in [-0.25, -0.2) is 0 Å². The Morgan fingerprint density at radius 1 is 1.50 bits per heavy atom. The molecule has 1 atom stereocenters. The smallest absolute Gasteiger partial charge is 0.239 e. The van der Waals surface area contributed by atoms with Crippen LogP contribution >= 0.6 is 0 Å². The summed E-state index contributed by atoms with van der Waals surface area (Å²) in [6.45, 7) is 4.90. The molecular weight excluding hydrogens is 204 g/mol. The molecule has 2 fully saturated rings. The molecule has 2 aliphatic rings. The van der Waals surface area contributed by atoms with E-state index >= 15 is 0 Å². The van der Waals surface area contributed by atoms with E-state index in [1.165, 1.54) is 0 Å². The Morgan fingerprint density at radius 3 is 2.69 bits per heavy atom. The number of aliphatic hydroxyl groups excluding tert-OH is 1. The van der Waals surface area contributed by atoms with E-state index in [4.69, 9.17) is 0 Å². The van der Waals surface area contributed by atoms with Gasteiger partial charge in [-0.3, -0.25) is 4.79 Å². The van der Waals surface area contributed by atoms with Crippen LogP contribution in [0.5, 0.6) is 0 Å². The molecular formula is C12H22N2O2. The van der Waals surface area contributed by atoms with Gasteiger partial charge in [-0.15, -0.1) is 0 Å². The van der Waals surface area contributed by atoms with Gasteiger partial charge in [-0.05, 0) is 37.6 Å². The summed E-state index contributed by atoms with van der Waals surface area (Å²) in [5, 5.41) is 12.5. The summed E-state index contributed by atoms with van der Waals surface area (Å²) in [5.41, 5.74) is 0.0277. The maximum atomic E-state index is 12.1. The zero-order valence-electron chi connectivity index (χ0n) is 10.0. The van der Waals surface area contributed by atoms with Crippen LogP contribution in [0.2, 0.25) is 0 Å². The Morgan fingerprint density at radius 2 is 2.19 bits per heavy atom. The zero-order valence-corrected chi connectivity index (χ0v) is 10.0. The van der Waals surface area contributed by atoms with Crippen LogP contribution in [0.1, 0.15) is 32.6 Å². The highest BCUT2D eigenvalue weighted by Gasteiger charge is 2.34. The minimum Gasteiger partial charge on any atom is -0.396 e. The van der Waals surface area contributed by atoms with Crippen LogP contribution < -0.4 is 5.32 Å². The SMILES string of the molecule is CC1(CO)CCN(C(=O)C2CCCN2)CC1. The van der Waals surface area contributed by atoms with Gasteiger partial charge in [-0.1, -0.05) is 6.92 Å². The first-order valence-corrected chi connectivity index (χ1v) is 6.28. The third-order valence-electron chi connectivity index (χ3n) is 4.02. The predicted octanol–water partition coefficient (Wildman–Crippen LogP) is 0.359. The van der Waals surface area contributed by atoms with E-state index in [-0.39, 0.29) is 24.0 Å². The number of carbonyl (C=O) groups excluding carboxylic acids is 1. The second-order valence-corrected chi connectivity index (χ2v) is 5.44. The average Bonchev–Trinajstić information content (AvgIpc) is 2.83. The molecule has 92 valence electrons. The molecule has 2 heterocycles. The first-order valence-electron chi connectivity index (χ1n) is 6.28. The number of likely N-dealkylation sites (tertiary alicyclic amines) is 1. The summed E-state index contributed by atoms with van der Waals surface area (Å²) in [5.74, 6) is 0.262. The van der Waals surface area contributed by atoms with Crippen molar-refractivity contribution in [2.24, 2.45) is 5.41 Å². The summed E-state index contributed by atoms with van der Waals surface area (Å²) >= 11 is 0. The Bertz CT molecular complexity index is 254. The molecule has 1 unspecified atom stereocenters. The molecule has 0 spiro atoms. The molecule has 0 aliphatic carbocycles. The van der Waals surface area contributed by atoms with Crippen molar-refractivity contribution >= 4 is 5.91 Å². The number of rotatable bonds is 2. The lowest BCUT2D eigenvalue weighted by Crippen LogP contribution is -2.49. The zero-order chi connectivity index (χ0) is 11.6. The number of amides is 1. The van der Waals surface area contributed by atoms with Crippen molar-refractivity contribution in [3.05, 3.63) is 0 Å². The first kappa shape index (κ1) is 11.9. The third kappa shape index (κ3) is 2.38. The molecule has 16 heavy (non-hydrogen) atoms. The van der Waals surface area contributed by atoms with E-state index in [9.17, 15) is 9.90 Å². The lowest BCUT2D eigenvalue weighted by Gasteiger charge is -2.39. The molecule has 2 saturated heterocycles. The monoisotopic (exact) mass is 226 g/mol. The van der Waals surface area contributed by atoms with Crippen molar-refractivity contribution in [3.8, 4) is 0 Å². The molecule has 0 radical (unpaired) electrons. The number of nitrogens with one attached hydrogen (secondary N) is 1. The van der Waals surface area contributed by atoms with Crippen molar-refractivity contribution in [1.82, 2.24) is 10.2 Å². The Labute approximate surface area is 97.0 Å². The standard InChI is InChI=1S/C12H22N2O2/c1-12(9-15)4-7-14(8-5-12)11(16)10-3-2-6-13-10/h10,13,15H,2-9H2,1H3. The minimum atomic E-state index is 0.0277. The summed E-state index contributed by atoms with van der Waals surface area (Å²) in [7, 11) is 0. The summed E-state index contributed by atoms with van der Waals surface area (Å²) < 4.78 is 0. The maximum absolute atomic E-state index is 12.1.